The van der Waals surface area contributed by atoms with E-state index in [0.29, 0.717) is 0 Å². The molecule has 5 heteroatoms. The number of thiophene rings is 1. The lowest BCUT2D eigenvalue weighted by atomic mass is 10.2. The number of nitrogens with zero attached hydrogens (tertiary/aromatic N) is 3. The Kier molecular flexibility index (Phi) is 3.93. The largest absolute Gasteiger partial charge is 0.368 e. The Bertz CT molecular complexity index is 790. The molecule has 3 aromatic rings. The summed E-state index contributed by atoms with van der Waals surface area (Å²) < 4.78 is 9.42. The summed E-state index contributed by atoms with van der Waals surface area (Å²) in [6.45, 7) is 5.66. The molecule has 1 aromatic carbocycles. The van der Waals surface area contributed by atoms with Gasteiger partial charge in [0, 0.05) is 42.5 Å². The molecule has 0 amide bonds. The molecule has 23 heavy (non-hydrogen) atoms. The van der Waals surface area contributed by atoms with Crippen LogP contribution in [0.1, 0.15) is 22.5 Å². The summed E-state index contributed by atoms with van der Waals surface area (Å²) in [5.41, 5.74) is 1.05. The highest BCUT2D eigenvalue weighted by molar-refractivity contribution is 7.19. The summed E-state index contributed by atoms with van der Waals surface area (Å²) in [6.07, 6.45) is 2.13. The van der Waals surface area contributed by atoms with Gasteiger partial charge in [0.05, 0.1) is 12.3 Å². The molecule has 0 aliphatic carbocycles. The van der Waals surface area contributed by atoms with E-state index in [2.05, 4.69) is 51.0 Å². The fraction of sp³-hybridized carbons (Fsp3) is 0.389. The van der Waals surface area contributed by atoms with Gasteiger partial charge in [0.25, 0.3) is 0 Å². The number of hydrogen-bond donors (Lipinski definition) is 0. The van der Waals surface area contributed by atoms with Crippen LogP contribution in [-0.2, 0) is 18.3 Å². The average Bonchev–Trinajstić information content (AvgIpc) is 3.09. The van der Waals surface area contributed by atoms with Crippen molar-refractivity contribution in [2.24, 2.45) is 7.05 Å². The minimum absolute atomic E-state index is 0.0665. The van der Waals surface area contributed by atoms with Crippen molar-refractivity contribution in [2.75, 3.05) is 19.7 Å². The molecule has 4 nitrogen and oxygen atoms in total. The highest BCUT2D eigenvalue weighted by Crippen LogP contribution is 2.28. The van der Waals surface area contributed by atoms with Gasteiger partial charge in [0.15, 0.2) is 0 Å². The standard InChI is InChI=1S/C18H21N3OS/c1-13-10-20(2)18(19-13)16-12-21(7-8-22-16)11-15-9-14-5-3-4-6-17(14)23-15/h3-6,9-10,16H,7-8,11-12H2,1-2H3/t16-/m1/s1. The molecule has 120 valence electrons. The van der Waals surface area contributed by atoms with Crippen LogP contribution in [0, 0.1) is 6.92 Å². The van der Waals surface area contributed by atoms with E-state index in [1.165, 1.54) is 15.0 Å². The number of imidazole rings is 1. The first-order chi connectivity index (χ1) is 11.2. The SMILES string of the molecule is Cc1cn(C)c([C@H]2CN(Cc3cc4ccccc4s3)CCO2)n1. The smallest absolute Gasteiger partial charge is 0.139 e. The van der Waals surface area contributed by atoms with Gasteiger partial charge < -0.3 is 9.30 Å². The van der Waals surface area contributed by atoms with Crippen molar-refractivity contribution >= 4 is 21.4 Å². The molecule has 4 rings (SSSR count). The van der Waals surface area contributed by atoms with Crippen LogP contribution in [0.2, 0.25) is 0 Å². The van der Waals surface area contributed by atoms with Crippen molar-refractivity contribution in [3.63, 3.8) is 0 Å². The Labute approximate surface area is 140 Å². The molecule has 0 unspecified atom stereocenters. The van der Waals surface area contributed by atoms with E-state index in [1.54, 1.807) is 0 Å². The van der Waals surface area contributed by atoms with Crippen LogP contribution in [-0.4, -0.2) is 34.1 Å². The number of benzene rings is 1. The zero-order chi connectivity index (χ0) is 15.8. The Morgan fingerprint density at radius 1 is 1.35 bits per heavy atom. The van der Waals surface area contributed by atoms with E-state index in [4.69, 9.17) is 4.74 Å². The topological polar surface area (TPSA) is 30.3 Å². The summed E-state index contributed by atoms with van der Waals surface area (Å²) in [5, 5.41) is 1.34. The number of aryl methyl sites for hydroxylation is 2. The number of morpholine rings is 1. The van der Waals surface area contributed by atoms with Gasteiger partial charge in [-0.25, -0.2) is 4.98 Å². The maximum Gasteiger partial charge on any atom is 0.139 e. The number of rotatable bonds is 3. The highest BCUT2D eigenvalue weighted by Gasteiger charge is 2.25. The second-order valence-corrected chi connectivity index (χ2v) is 7.36. The van der Waals surface area contributed by atoms with Crippen molar-refractivity contribution in [2.45, 2.75) is 19.6 Å². The van der Waals surface area contributed by atoms with Gasteiger partial charge >= 0.3 is 0 Å². The monoisotopic (exact) mass is 327 g/mol. The van der Waals surface area contributed by atoms with E-state index in [0.717, 1.165) is 37.8 Å². The lowest BCUT2D eigenvalue weighted by molar-refractivity contribution is -0.0381. The first-order valence-electron chi connectivity index (χ1n) is 8.00. The van der Waals surface area contributed by atoms with Crippen LogP contribution in [0.3, 0.4) is 0 Å². The second kappa shape index (κ2) is 6.07. The fourth-order valence-electron chi connectivity index (χ4n) is 3.27. The number of hydrogen-bond acceptors (Lipinski definition) is 4. The Hall–Kier alpha value is -1.69. The molecular formula is C18H21N3OS. The summed E-state index contributed by atoms with van der Waals surface area (Å²) in [6, 6.07) is 10.9. The highest BCUT2D eigenvalue weighted by atomic mass is 32.1. The Morgan fingerprint density at radius 2 is 2.22 bits per heavy atom. The van der Waals surface area contributed by atoms with Crippen molar-refractivity contribution < 1.29 is 4.74 Å². The normalized spacial score (nSPS) is 19.5. The van der Waals surface area contributed by atoms with Crippen LogP contribution in [0.25, 0.3) is 10.1 Å². The lowest BCUT2D eigenvalue weighted by Gasteiger charge is -2.32. The molecule has 1 aliphatic rings. The number of fused-ring (bicyclic) bond motifs is 1. The van der Waals surface area contributed by atoms with Gasteiger partial charge in [-0.2, -0.15) is 0 Å². The predicted molar refractivity (Wildman–Crippen MR) is 93.7 cm³/mol. The molecule has 1 aliphatic heterocycles. The first-order valence-corrected chi connectivity index (χ1v) is 8.82. The zero-order valence-corrected chi connectivity index (χ0v) is 14.3. The molecule has 1 atom stereocenters. The van der Waals surface area contributed by atoms with E-state index in [9.17, 15) is 0 Å². The van der Waals surface area contributed by atoms with Crippen molar-refractivity contribution in [1.29, 1.82) is 0 Å². The van der Waals surface area contributed by atoms with Gasteiger partial charge in [-0.15, -0.1) is 11.3 Å². The lowest BCUT2D eigenvalue weighted by Crippen LogP contribution is -2.38. The minimum atomic E-state index is 0.0665. The third-order valence-electron chi connectivity index (χ3n) is 4.33. The van der Waals surface area contributed by atoms with E-state index in [-0.39, 0.29) is 6.10 Å². The predicted octanol–water partition coefficient (Wildman–Crippen LogP) is 3.52. The van der Waals surface area contributed by atoms with Crippen LogP contribution < -0.4 is 0 Å². The molecule has 1 saturated heterocycles. The van der Waals surface area contributed by atoms with Crippen molar-refractivity contribution in [3.05, 3.63) is 52.9 Å². The van der Waals surface area contributed by atoms with Gasteiger partial charge in [0.1, 0.15) is 11.9 Å². The summed E-state index contributed by atoms with van der Waals surface area (Å²) in [4.78, 5) is 8.52. The first kappa shape index (κ1) is 14.9. The van der Waals surface area contributed by atoms with Crippen LogP contribution >= 0.6 is 11.3 Å². The van der Waals surface area contributed by atoms with Gasteiger partial charge in [-0.3, -0.25) is 4.90 Å². The molecule has 0 N–H and O–H groups in total. The quantitative estimate of drug-likeness (QED) is 0.737. The average molecular weight is 327 g/mol. The van der Waals surface area contributed by atoms with E-state index in [1.807, 2.05) is 25.3 Å². The molecule has 0 radical (unpaired) electrons. The van der Waals surface area contributed by atoms with Gasteiger partial charge in [-0.1, -0.05) is 18.2 Å². The molecule has 0 spiro atoms. The Balaban J connectivity index is 1.50. The van der Waals surface area contributed by atoms with Gasteiger partial charge in [0.2, 0.25) is 0 Å². The molecular weight excluding hydrogens is 306 g/mol. The maximum atomic E-state index is 5.96. The third-order valence-corrected chi connectivity index (χ3v) is 5.43. The fourth-order valence-corrected chi connectivity index (χ4v) is 4.38. The summed E-state index contributed by atoms with van der Waals surface area (Å²) in [7, 11) is 2.05. The molecule has 0 bridgehead atoms. The number of aromatic nitrogens is 2. The third kappa shape index (κ3) is 3.04. The Morgan fingerprint density at radius 3 is 3.00 bits per heavy atom. The molecule has 3 heterocycles. The molecule has 0 saturated carbocycles. The zero-order valence-electron chi connectivity index (χ0n) is 13.5. The minimum Gasteiger partial charge on any atom is -0.368 e. The van der Waals surface area contributed by atoms with Crippen molar-refractivity contribution in [3.8, 4) is 0 Å². The second-order valence-electron chi connectivity index (χ2n) is 6.20. The molecule has 2 aromatic heterocycles. The van der Waals surface area contributed by atoms with E-state index < -0.39 is 0 Å². The number of ether oxygens (including phenoxy) is 1. The summed E-state index contributed by atoms with van der Waals surface area (Å²) >= 11 is 1.89. The van der Waals surface area contributed by atoms with Crippen LogP contribution in [0.15, 0.2) is 36.5 Å². The van der Waals surface area contributed by atoms with Crippen molar-refractivity contribution in [1.82, 2.24) is 14.5 Å². The van der Waals surface area contributed by atoms with Crippen LogP contribution in [0.4, 0.5) is 0 Å². The summed E-state index contributed by atoms with van der Waals surface area (Å²) in [5.74, 6) is 1.03. The maximum absolute atomic E-state index is 5.96. The van der Waals surface area contributed by atoms with Gasteiger partial charge in [-0.05, 0) is 24.4 Å². The molecule has 1 fully saturated rings. The van der Waals surface area contributed by atoms with Crippen LogP contribution in [0.5, 0.6) is 0 Å². The van der Waals surface area contributed by atoms with E-state index >= 15 is 0 Å².